The molecule has 0 aromatic heterocycles. The molecule has 0 N–H and O–H groups in total. The van der Waals surface area contributed by atoms with Crippen molar-refractivity contribution in [2.24, 2.45) is 11.8 Å². The van der Waals surface area contributed by atoms with E-state index >= 15 is 0 Å². The first kappa shape index (κ1) is 28.7. The molecule has 0 heterocycles. The van der Waals surface area contributed by atoms with Crippen molar-refractivity contribution in [2.75, 3.05) is 0 Å². The number of hydrogen-bond acceptors (Lipinski definition) is 0. The molecule has 172 valence electrons. The Bertz CT molecular complexity index is 314. The van der Waals surface area contributed by atoms with Crippen LogP contribution in [0.5, 0.6) is 0 Å². The number of unbranched alkanes of at least 4 members (excludes halogenated alkanes) is 16. The van der Waals surface area contributed by atoms with Crippen molar-refractivity contribution in [3.63, 3.8) is 0 Å². The van der Waals surface area contributed by atoms with Crippen LogP contribution in [0.3, 0.4) is 0 Å². The van der Waals surface area contributed by atoms with Gasteiger partial charge in [0, 0.05) is 0 Å². The van der Waals surface area contributed by atoms with Crippen LogP contribution >= 0.6 is 0 Å². The van der Waals surface area contributed by atoms with Gasteiger partial charge in [-0.05, 0) is 37.5 Å². The van der Waals surface area contributed by atoms with E-state index in [-0.39, 0.29) is 0 Å². The fourth-order valence-electron chi connectivity index (χ4n) is 4.33. The summed E-state index contributed by atoms with van der Waals surface area (Å²) in [5, 5.41) is 0. The maximum absolute atomic E-state index is 3.98. The minimum atomic E-state index is 0.861. The topological polar surface area (TPSA) is 0 Å². The highest BCUT2D eigenvalue weighted by molar-refractivity contribution is 4.81. The largest absolute Gasteiger partial charge is 0.0885 e. The van der Waals surface area contributed by atoms with Gasteiger partial charge in [-0.15, -0.1) is 0 Å². The van der Waals surface area contributed by atoms with Gasteiger partial charge in [0.2, 0.25) is 0 Å². The van der Waals surface area contributed by atoms with E-state index in [4.69, 9.17) is 0 Å². The van der Waals surface area contributed by atoms with Gasteiger partial charge >= 0.3 is 0 Å². The number of rotatable bonds is 23. The fraction of sp³-hybridized carbons (Fsp3) is 0.862. The van der Waals surface area contributed by atoms with Crippen molar-refractivity contribution in [2.45, 2.75) is 149 Å². The van der Waals surface area contributed by atoms with Crippen molar-refractivity contribution < 1.29 is 0 Å². The maximum atomic E-state index is 3.98. The van der Waals surface area contributed by atoms with Crippen LogP contribution in [0.4, 0.5) is 0 Å². The molecule has 0 aromatic carbocycles. The Hall–Kier alpha value is -0.260. The smallest absolute Gasteiger partial charge is 0.0351 e. The summed E-state index contributed by atoms with van der Waals surface area (Å²) >= 11 is 0. The van der Waals surface area contributed by atoms with Crippen LogP contribution in [0.1, 0.15) is 149 Å². The number of hydrogen-bond donors (Lipinski definition) is 0. The average Bonchev–Trinajstić information content (AvgIpc) is 2.71. The molecule has 0 aliphatic rings. The van der Waals surface area contributed by atoms with E-state index in [0.717, 1.165) is 24.7 Å². The van der Waals surface area contributed by atoms with E-state index in [2.05, 4.69) is 39.8 Å². The zero-order valence-corrected chi connectivity index (χ0v) is 20.6. The van der Waals surface area contributed by atoms with Gasteiger partial charge in [-0.1, -0.05) is 149 Å². The first-order valence-corrected chi connectivity index (χ1v) is 13.5. The first-order chi connectivity index (χ1) is 14.2. The molecule has 0 saturated heterocycles. The maximum Gasteiger partial charge on any atom is -0.0351 e. The van der Waals surface area contributed by atoms with E-state index < -0.39 is 0 Å². The van der Waals surface area contributed by atoms with Crippen LogP contribution in [-0.2, 0) is 0 Å². The lowest BCUT2D eigenvalue weighted by Crippen LogP contribution is -2.08. The monoisotopic (exact) mass is 404 g/mol. The summed E-state index contributed by atoms with van der Waals surface area (Å²) in [5.41, 5.74) is 0. The van der Waals surface area contributed by atoms with Gasteiger partial charge in [-0.2, -0.15) is 0 Å². The van der Waals surface area contributed by atoms with Gasteiger partial charge in [0.05, 0.1) is 0 Å². The van der Waals surface area contributed by atoms with Crippen molar-refractivity contribution in [3.8, 4) is 0 Å². The molecule has 0 aliphatic heterocycles. The first-order valence-electron chi connectivity index (χ1n) is 13.5. The highest BCUT2D eigenvalue weighted by atomic mass is 14.2. The molecule has 0 spiro atoms. The van der Waals surface area contributed by atoms with Crippen LogP contribution in [0.25, 0.3) is 0 Å². The Balaban J connectivity index is 3.28. The van der Waals surface area contributed by atoms with Crippen LogP contribution in [0, 0.1) is 25.7 Å². The van der Waals surface area contributed by atoms with Crippen molar-refractivity contribution in [1.29, 1.82) is 0 Å². The second-order valence-electron chi connectivity index (χ2n) is 9.64. The highest BCUT2D eigenvalue weighted by Crippen LogP contribution is 2.25. The summed E-state index contributed by atoms with van der Waals surface area (Å²) in [5.74, 6) is 1.81. The van der Waals surface area contributed by atoms with E-state index in [1.807, 2.05) is 0 Å². The number of allylic oxidation sites excluding steroid dienone is 2. The SMILES string of the molecule is [CH2]CCCC/C=C/CCCCCCCCCCCCCC(CCCC[CH2])C(C)C. The van der Waals surface area contributed by atoms with Gasteiger partial charge in [0.25, 0.3) is 0 Å². The van der Waals surface area contributed by atoms with Gasteiger partial charge in [0.1, 0.15) is 0 Å². The van der Waals surface area contributed by atoms with E-state index in [1.54, 1.807) is 0 Å². The zero-order valence-electron chi connectivity index (χ0n) is 20.6. The molecule has 2 radical (unpaired) electrons. The molecule has 0 aromatic rings. The quantitative estimate of drug-likeness (QED) is 0.117. The Morgan fingerprint density at radius 2 is 0.828 bits per heavy atom. The minimum Gasteiger partial charge on any atom is -0.0885 e. The van der Waals surface area contributed by atoms with E-state index in [0.29, 0.717) is 0 Å². The molecule has 0 bridgehead atoms. The van der Waals surface area contributed by atoms with Crippen molar-refractivity contribution >= 4 is 0 Å². The molecule has 0 aliphatic carbocycles. The fourth-order valence-corrected chi connectivity index (χ4v) is 4.33. The predicted molar refractivity (Wildman–Crippen MR) is 135 cm³/mol. The molecule has 1 atom stereocenters. The summed E-state index contributed by atoms with van der Waals surface area (Å²) in [6.07, 6.45) is 33.7. The van der Waals surface area contributed by atoms with Crippen LogP contribution in [0.2, 0.25) is 0 Å². The van der Waals surface area contributed by atoms with E-state index in [1.165, 1.54) is 122 Å². The Kier molecular flexibility index (Phi) is 23.8. The average molecular weight is 405 g/mol. The zero-order chi connectivity index (χ0) is 21.4. The lowest BCUT2D eigenvalue weighted by atomic mass is 9.86. The lowest BCUT2D eigenvalue weighted by Gasteiger charge is -2.20. The third kappa shape index (κ3) is 22.3. The molecule has 0 amide bonds. The summed E-state index contributed by atoms with van der Waals surface area (Å²) in [6.45, 7) is 12.7. The summed E-state index contributed by atoms with van der Waals surface area (Å²) < 4.78 is 0. The molecule has 0 fully saturated rings. The molecular weight excluding hydrogens is 348 g/mol. The van der Waals surface area contributed by atoms with Crippen molar-refractivity contribution in [3.05, 3.63) is 26.0 Å². The molecule has 0 rings (SSSR count). The predicted octanol–water partition coefficient (Wildman–Crippen LogP) is 10.7. The van der Waals surface area contributed by atoms with Gasteiger partial charge in [-0.25, -0.2) is 0 Å². The summed E-state index contributed by atoms with van der Waals surface area (Å²) in [7, 11) is 0. The Morgan fingerprint density at radius 3 is 1.28 bits per heavy atom. The Morgan fingerprint density at radius 1 is 0.483 bits per heavy atom. The summed E-state index contributed by atoms with van der Waals surface area (Å²) in [4.78, 5) is 0. The molecule has 0 saturated carbocycles. The standard InChI is InChI=1S/C29H56/c1-5-7-9-10-11-12-13-14-15-16-17-18-19-20-21-22-23-25-27-29(28(3)4)26-24-8-6-2/h11-12,28-29H,1-2,5-10,13-27H2,3-4H3/b12-11+. The molecule has 0 nitrogen and oxygen atoms in total. The molecule has 29 heavy (non-hydrogen) atoms. The van der Waals surface area contributed by atoms with Gasteiger partial charge in [0.15, 0.2) is 0 Å². The normalized spacial score (nSPS) is 13.0. The van der Waals surface area contributed by atoms with Crippen LogP contribution in [-0.4, -0.2) is 0 Å². The van der Waals surface area contributed by atoms with Crippen molar-refractivity contribution in [1.82, 2.24) is 0 Å². The second kappa shape index (κ2) is 24.0. The second-order valence-corrected chi connectivity index (χ2v) is 9.64. The summed E-state index contributed by atoms with van der Waals surface area (Å²) in [6, 6.07) is 0. The lowest BCUT2D eigenvalue weighted by molar-refractivity contribution is 0.314. The van der Waals surface area contributed by atoms with Gasteiger partial charge < -0.3 is 0 Å². The molecule has 0 heteroatoms. The van der Waals surface area contributed by atoms with E-state index in [9.17, 15) is 0 Å². The van der Waals surface area contributed by atoms with Gasteiger partial charge in [-0.3, -0.25) is 0 Å². The Labute approximate surface area is 186 Å². The third-order valence-electron chi connectivity index (χ3n) is 6.50. The molecule has 1 unspecified atom stereocenters. The highest BCUT2D eigenvalue weighted by Gasteiger charge is 2.12. The van der Waals surface area contributed by atoms with Crippen LogP contribution < -0.4 is 0 Å². The van der Waals surface area contributed by atoms with Crippen LogP contribution in [0.15, 0.2) is 12.2 Å². The molecular formula is C29H56. The third-order valence-corrected chi connectivity index (χ3v) is 6.50. The minimum absolute atomic E-state index is 0.861.